The Kier molecular flexibility index (Phi) is 54.2. The van der Waals surface area contributed by atoms with Gasteiger partial charge in [-0.1, -0.05) is 164 Å². The molecule has 0 aliphatic carbocycles. The van der Waals surface area contributed by atoms with E-state index in [-0.39, 0.29) is 0 Å². The summed E-state index contributed by atoms with van der Waals surface area (Å²) in [6, 6.07) is 8.79. The van der Waals surface area contributed by atoms with Gasteiger partial charge in [-0.3, -0.25) is 0 Å². The maximum Gasteiger partial charge on any atom is 0.00578 e. The van der Waals surface area contributed by atoms with E-state index in [1.54, 1.807) is 0 Å². The minimum atomic E-state index is 0.438. The Morgan fingerprint density at radius 2 is 1.08 bits per heavy atom. The van der Waals surface area contributed by atoms with Gasteiger partial charge in [0.25, 0.3) is 0 Å². The average Bonchev–Trinajstić information content (AvgIpc) is 3.04. The third-order valence-electron chi connectivity index (χ3n) is 6.57. The fourth-order valence-corrected chi connectivity index (χ4v) is 3.39. The summed E-state index contributed by atoms with van der Waals surface area (Å²) in [5.41, 5.74) is 8.74. The molecule has 2 atom stereocenters. The monoisotopic (exact) mass is 682 g/mol. The van der Waals surface area contributed by atoms with Gasteiger partial charge in [-0.25, -0.2) is 0 Å². The highest BCUT2D eigenvalue weighted by atomic mass is 15.1. The van der Waals surface area contributed by atoms with Gasteiger partial charge in [-0.2, -0.15) is 0 Å². The van der Waals surface area contributed by atoms with Crippen LogP contribution in [0.25, 0.3) is 5.57 Å². The molecule has 0 spiro atoms. The molecule has 49 heavy (non-hydrogen) atoms. The predicted molar refractivity (Wildman–Crippen MR) is 239 cm³/mol. The van der Waals surface area contributed by atoms with Gasteiger partial charge < -0.3 is 4.90 Å². The second kappa shape index (κ2) is 43.2. The fourth-order valence-electron chi connectivity index (χ4n) is 3.39. The highest BCUT2D eigenvalue weighted by Crippen LogP contribution is 2.29. The number of hydrogen-bond acceptors (Lipinski definition) is 1. The van der Waals surface area contributed by atoms with E-state index in [2.05, 4.69) is 172 Å². The van der Waals surface area contributed by atoms with Crippen molar-refractivity contribution in [3.05, 3.63) is 116 Å². The summed E-state index contributed by atoms with van der Waals surface area (Å²) < 4.78 is 0. The maximum absolute atomic E-state index is 4.38. The molecular formula is C48H91N. The largest absolute Gasteiger partial charge is 0.382 e. The highest BCUT2D eigenvalue weighted by Gasteiger charge is 2.11. The molecule has 0 amide bonds. The lowest BCUT2D eigenvalue weighted by Crippen LogP contribution is -2.05. The van der Waals surface area contributed by atoms with E-state index < -0.39 is 0 Å². The molecule has 0 heterocycles. The first-order chi connectivity index (χ1) is 22.8. The number of benzene rings is 1. The third-order valence-corrected chi connectivity index (χ3v) is 6.57. The van der Waals surface area contributed by atoms with Gasteiger partial charge in [-0.15, -0.1) is 32.9 Å². The van der Waals surface area contributed by atoms with E-state index in [0.717, 1.165) is 24.0 Å². The zero-order chi connectivity index (χ0) is 40.9. The molecule has 1 rings (SSSR count). The first kappa shape index (κ1) is 61.4. The Morgan fingerprint density at radius 3 is 1.35 bits per heavy atom. The molecule has 1 heteroatoms. The molecule has 0 aliphatic rings. The number of rotatable bonds is 11. The van der Waals surface area contributed by atoms with Crippen molar-refractivity contribution in [1.82, 2.24) is 4.90 Å². The maximum atomic E-state index is 4.38. The predicted octanol–water partition coefficient (Wildman–Crippen LogP) is 16.6. The number of allylic oxidation sites excluding steroid dienone is 7. The molecule has 0 radical (unpaired) electrons. The van der Waals surface area contributed by atoms with Gasteiger partial charge in [0.05, 0.1) is 0 Å². The number of hydrogen-bond donors (Lipinski definition) is 0. The molecule has 1 nitrogen and oxygen atoms in total. The standard InChI is InChI=1S/C26H38.C5H11N.C5H12.C4H10.2C2H6.2C2H4/c1-18(2)16-22(7)17-21(6)12-15-26(23(8)19(3)4)24(9)25-13-10-20(5)11-14-25;1-5(2)6(3)4;1-4-5(2)3;1-4(2)3;4*1-2/h10-15,19,21-22H,1,8,16-17H2,2-7,9H3;1H2,2-4H3;5H,4H2,1-3H3;4H,1-3H3;2*1-2H3;2*1-2H2/b15-12+,26-24+;;;;;;;. The second-order valence-corrected chi connectivity index (χ2v) is 13.6. The van der Waals surface area contributed by atoms with Crippen LogP contribution in [0.4, 0.5) is 0 Å². The fraction of sp³-hybridized carbons (Fsp3) is 0.583. The first-order valence-corrected chi connectivity index (χ1v) is 18.9. The molecule has 0 fully saturated rings. The zero-order valence-corrected chi connectivity index (χ0v) is 37.4. The van der Waals surface area contributed by atoms with Crippen LogP contribution in [0.5, 0.6) is 0 Å². The molecule has 0 aromatic heterocycles. The molecule has 2 unspecified atom stereocenters. The summed E-state index contributed by atoms with van der Waals surface area (Å²) in [4.78, 5) is 1.97. The van der Waals surface area contributed by atoms with Crippen LogP contribution in [0.1, 0.15) is 148 Å². The number of nitrogens with zero attached hydrogens (tertiary/aromatic N) is 1. The summed E-state index contributed by atoms with van der Waals surface area (Å²) in [5.74, 6) is 3.37. The summed E-state index contributed by atoms with van der Waals surface area (Å²) in [6.07, 6.45) is 8.27. The number of aryl methyl sites for hydroxylation is 1. The average molecular weight is 682 g/mol. The van der Waals surface area contributed by atoms with Crippen molar-refractivity contribution in [2.45, 2.75) is 144 Å². The molecule has 288 valence electrons. The van der Waals surface area contributed by atoms with Gasteiger partial charge >= 0.3 is 0 Å². The van der Waals surface area contributed by atoms with Crippen molar-refractivity contribution in [3.63, 3.8) is 0 Å². The summed E-state index contributed by atoms with van der Waals surface area (Å²) in [5, 5.41) is 0. The molecular weight excluding hydrogens is 591 g/mol. The van der Waals surface area contributed by atoms with E-state index in [1.165, 1.54) is 46.3 Å². The van der Waals surface area contributed by atoms with E-state index in [0.29, 0.717) is 17.8 Å². The lowest BCUT2D eigenvalue weighted by molar-refractivity contribution is 0.464. The Hall–Kier alpha value is -2.80. The van der Waals surface area contributed by atoms with Crippen LogP contribution >= 0.6 is 0 Å². The summed E-state index contributed by atoms with van der Waals surface area (Å²) >= 11 is 0. The van der Waals surface area contributed by atoms with Crippen LogP contribution in [0, 0.1) is 36.5 Å². The van der Waals surface area contributed by atoms with Crippen molar-refractivity contribution >= 4 is 5.57 Å². The Balaban J connectivity index is -0.000000125. The van der Waals surface area contributed by atoms with Gasteiger partial charge in [0.1, 0.15) is 0 Å². The Labute approximate surface area is 313 Å². The van der Waals surface area contributed by atoms with E-state index in [9.17, 15) is 0 Å². The Bertz CT molecular complexity index is 929. The van der Waals surface area contributed by atoms with E-state index in [1.807, 2.05) is 53.6 Å². The minimum Gasteiger partial charge on any atom is -0.382 e. The lowest BCUT2D eigenvalue weighted by Gasteiger charge is -2.18. The van der Waals surface area contributed by atoms with Crippen molar-refractivity contribution < 1.29 is 0 Å². The Morgan fingerprint density at radius 1 is 0.735 bits per heavy atom. The SMILES string of the molecule is C=C.C=C.C=C(C)CC(C)CC(C)/C=C/C(C(=C)C(C)C)=C(/C)c1ccc(C)cc1.C=C(C)N(C)C.CC.CC.CC(C)C.CCC(C)C. The lowest BCUT2D eigenvalue weighted by atomic mass is 9.88. The van der Waals surface area contributed by atoms with Gasteiger partial charge in [0.2, 0.25) is 0 Å². The molecule has 1 aromatic carbocycles. The van der Waals surface area contributed by atoms with Crippen LogP contribution < -0.4 is 0 Å². The molecule has 1 aromatic rings. The minimum absolute atomic E-state index is 0.438. The van der Waals surface area contributed by atoms with Crippen LogP contribution in [-0.2, 0) is 0 Å². The summed E-state index contributed by atoms with van der Waals surface area (Å²) in [7, 11) is 3.95. The topological polar surface area (TPSA) is 3.24 Å². The molecule has 0 bridgehead atoms. The quantitative estimate of drug-likeness (QED) is 0.166. The van der Waals surface area contributed by atoms with Crippen molar-refractivity contribution in [2.75, 3.05) is 14.1 Å². The van der Waals surface area contributed by atoms with Crippen LogP contribution in [0.3, 0.4) is 0 Å². The van der Waals surface area contributed by atoms with Gasteiger partial charge in [0, 0.05) is 19.8 Å². The van der Waals surface area contributed by atoms with Gasteiger partial charge in [-0.05, 0) is 92.4 Å². The van der Waals surface area contributed by atoms with E-state index in [4.69, 9.17) is 0 Å². The zero-order valence-electron chi connectivity index (χ0n) is 37.4. The highest BCUT2D eigenvalue weighted by molar-refractivity contribution is 5.73. The van der Waals surface area contributed by atoms with E-state index >= 15 is 0 Å². The van der Waals surface area contributed by atoms with Gasteiger partial charge in [0.15, 0.2) is 0 Å². The first-order valence-electron chi connectivity index (χ1n) is 18.9. The molecule has 0 saturated carbocycles. The molecule has 0 aliphatic heterocycles. The normalized spacial score (nSPS) is 11.1. The third kappa shape index (κ3) is 47.4. The molecule has 0 saturated heterocycles. The van der Waals surface area contributed by atoms with Crippen molar-refractivity contribution in [1.29, 1.82) is 0 Å². The summed E-state index contributed by atoms with van der Waals surface area (Å²) in [6.45, 7) is 62.7. The molecule has 0 N–H and O–H groups in total. The second-order valence-electron chi connectivity index (χ2n) is 13.6. The van der Waals surface area contributed by atoms with Crippen molar-refractivity contribution in [3.8, 4) is 0 Å². The van der Waals surface area contributed by atoms with Crippen molar-refractivity contribution in [2.24, 2.45) is 29.6 Å². The van der Waals surface area contributed by atoms with Crippen LogP contribution in [-0.4, -0.2) is 19.0 Å². The van der Waals surface area contributed by atoms with Crippen LogP contribution in [0.2, 0.25) is 0 Å². The smallest absolute Gasteiger partial charge is 0.00578 e. The van der Waals surface area contributed by atoms with Crippen LogP contribution in [0.15, 0.2) is 105 Å².